The molecule has 0 atom stereocenters. The van der Waals surface area contributed by atoms with Crippen molar-refractivity contribution in [3.8, 4) is 0 Å². The van der Waals surface area contributed by atoms with E-state index in [2.05, 4.69) is 5.73 Å². The molecule has 2 amide bonds. The molecule has 0 aromatic heterocycles. The zero-order chi connectivity index (χ0) is 11.1. The molecule has 0 aliphatic heterocycles. The molecule has 0 spiro atoms. The van der Waals surface area contributed by atoms with Crippen molar-refractivity contribution < 1.29 is 22.8 Å². The van der Waals surface area contributed by atoms with Crippen molar-refractivity contribution in [1.82, 2.24) is 0 Å². The van der Waals surface area contributed by atoms with Gasteiger partial charge >= 0.3 is 12.1 Å². The smallest absolute Gasteiger partial charge is 0.370 e. The maximum Gasteiger partial charge on any atom is 0.470 e. The van der Waals surface area contributed by atoms with Crippen LogP contribution in [0, 0.1) is 0 Å². The zero-order valence-electron chi connectivity index (χ0n) is 7.02. The number of hydrogen-bond acceptors (Lipinski definition) is 2. The Morgan fingerprint density at radius 2 is 1.54 bits per heavy atom. The third kappa shape index (κ3) is 13.7. The predicted molar refractivity (Wildman–Crippen MR) is 39.4 cm³/mol. The molecule has 0 aromatic rings. The molecular weight excluding hydrogens is 189 g/mol. The third-order valence-corrected chi connectivity index (χ3v) is 0.776. The molecule has 13 heavy (non-hydrogen) atoms. The lowest BCUT2D eigenvalue weighted by atomic mass is 10.3. The lowest BCUT2D eigenvalue weighted by Gasteiger charge is -1.95. The topological polar surface area (TPSA) is 86.2 Å². The maximum atomic E-state index is 10.7. The normalized spacial score (nSPS) is 9.85. The maximum absolute atomic E-state index is 10.7. The van der Waals surface area contributed by atoms with E-state index >= 15 is 0 Å². The molecule has 0 saturated heterocycles. The first-order chi connectivity index (χ1) is 5.71. The molecule has 0 unspecified atom stereocenters. The average molecular weight is 200 g/mol. The highest BCUT2D eigenvalue weighted by atomic mass is 19.4. The summed E-state index contributed by atoms with van der Waals surface area (Å²) in [6.07, 6.45) is -3.49. The number of hydrogen-bond donors (Lipinski definition) is 2. The minimum Gasteiger partial charge on any atom is -0.370 e. The molecule has 0 aromatic carbocycles. The van der Waals surface area contributed by atoms with E-state index in [0.717, 1.165) is 6.42 Å². The first-order valence-corrected chi connectivity index (χ1v) is 3.36. The monoisotopic (exact) mass is 200 g/mol. The second-order valence-electron chi connectivity index (χ2n) is 2.08. The fraction of sp³-hybridized carbons (Fsp3) is 0.667. The van der Waals surface area contributed by atoms with Gasteiger partial charge in [0.15, 0.2) is 0 Å². The summed E-state index contributed by atoms with van der Waals surface area (Å²) in [5.74, 6) is -2.47. The Balaban J connectivity index is 0. The minimum atomic E-state index is -4.86. The van der Waals surface area contributed by atoms with E-state index in [-0.39, 0.29) is 5.91 Å². The van der Waals surface area contributed by atoms with Crippen molar-refractivity contribution in [2.24, 2.45) is 11.5 Å². The Bertz CT molecular complexity index is 179. The molecule has 0 radical (unpaired) electrons. The fourth-order valence-electron chi connectivity index (χ4n) is 0.246. The van der Waals surface area contributed by atoms with E-state index < -0.39 is 12.1 Å². The summed E-state index contributed by atoms with van der Waals surface area (Å²) < 4.78 is 32.1. The lowest BCUT2D eigenvalue weighted by Crippen LogP contribution is -2.30. The average Bonchev–Trinajstić information content (AvgIpc) is 1.85. The van der Waals surface area contributed by atoms with Crippen LogP contribution in [0.15, 0.2) is 0 Å². The van der Waals surface area contributed by atoms with Gasteiger partial charge in [-0.05, 0) is 6.42 Å². The van der Waals surface area contributed by atoms with Crippen molar-refractivity contribution >= 4 is 11.8 Å². The molecule has 0 aliphatic carbocycles. The first-order valence-electron chi connectivity index (χ1n) is 3.36. The lowest BCUT2D eigenvalue weighted by molar-refractivity contribution is -0.169. The Labute approximate surface area is 73.1 Å². The van der Waals surface area contributed by atoms with Crippen LogP contribution in [-0.4, -0.2) is 18.0 Å². The number of alkyl halides is 3. The first kappa shape index (κ1) is 14.3. The number of carbonyl (C=O) groups excluding carboxylic acids is 2. The van der Waals surface area contributed by atoms with E-state index in [1.807, 2.05) is 6.92 Å². The van der Waals surface area contributed by atoms with Gasteiger partial charge in [-0.2, -0.15) is 13.2 Å². The summed E-state index contributed by atoms with van der Waals surface area (Å²) in [5, 5.41) is 0. The SMILES string of the molecule is CCCC(N)=O.NC(=O)C(F)(F)F. The van der Waals surface area contributed by atoms with Gasteiger partial charge in [0.2, 0.25) is 5.91 Å². The number of halogens is 3. The van der Waals surface area contributed by atoms with Crippen LogP contribution in [0.1, 0.15) is 19.8 Å². The molecular formula is C6H11F3N2O2. The Morgan fingerprint density at radius 3 is 1.54 bits per heavy atom. The minimum absolute atomic E-state index is 0.211. The van der Waals surface area contributed by atoms with Crippen LogP contribution in [0.2, 0.25) is 0 Å². The van der Waals surface area contributed by atoms with Gasteiger partial charge in [-0.25, -0.2) is 0 Å². The van der Waals surface area contributed by atoms with Crippen LogP contribution in [0.5, 0.6) is 0 Å². The quantitative estimate of drug-likeness (QED) is 0.671. The van der Waals surface area contributed by atoms with Crippen molar-refractivity contribution in [2.75, 3.05) is 0 Å². The molecule has 0 rings (SSSR count). The molecule has 4 N–H and O–H groups in total. The van der Waals surface area contributed by atoms with E-state index in [4.69, 9.17) is 10.5 Å². The molecule has 0 bridgehead atoms. The number of primary amides is 2. The Morgan fingerprint density at radius 1 is 1.23 bits per heavy atom. The Kier molecular flexibility index (Phi) is 6.88. The Hall–Kier alpha value is -1.27. The van der Waals surface area contributed by atoms with E-state index in [0.29, 0.717) is 6.42 Å². The molecule has 0 aliphatic rings. The highest BCUT2D eigenvalue weighted by Crippen LogP contribution is 2.11. The van der Waals surface area contributed by atoms with Crippen molar-refractivity contribution in [3.63, 3.8) is 0 Å². The number of rotatable bonds is 2. The highest BCUT2D eigenvalue weighted by molar-refractivity contribution is 5.79. The predicted octanol–water partition coefficient (Wildman–Crippen LogP) is 0.306. The van der Waals surface area contributed by atoms with Crippen LogP contribution in [-0.2, 0) is 9.59 Å². The second kappa shape index (κ2) is 6.27. The van der Waals surface area contributed by atoms with Gasteiger partial charge in [0, 0.05) is 6.42 Å². The van der Waals surface area contributed by atoms with Crippen LogP contribution >= 0.6 is 0 Å². The van der Waals surface area contributed by atoms with E-state index in [1.165, 1.54) is 0 Å². The van der Waals surface area contributed by atoms with Crippen LogP contribution in [0.25, 0.3) is 0 Å². The van der Waals surface area contributed by atoms with Gasteiger partial charge < -0.3 is 11.5 Å². The van der Waals surface area contributed by atoms with Crippen molar-refractivity contribution in [1.29, 1.82) is 0 Å². The molecule has 0 heterocycles. The highest BCUT2D eigenvalue weighted by Gasteiger charge is 2.35. The van der Waals surface area contributed by atoms with Gasteiger partial charge in [-0.1, -0.05) is 6.92 Å². The van der Waals surface area contributed by atoms with E-state index in [9.17, 15) is 18.0 Å². The molecule has 7 heteroatoms. The largest absolute Gasteiger partial charge is 0.470 e. The number of carbonyl (C=O) groups is 2. The van der Waals surface area contributed by atoms with Gasteiger partial charge in [0.25, 0.3) is 0 Å². The summed E-state index contributed by atoms with van der Waals surface area (Å²) in [6, 6.07) is 0. The summed E-state index contributed by atoms with van der Waals surface area (Å²) in [6.45, 7) is 1.92. The fourth-order valence-corrected chi connectivity index (χ4v) is 0.246. The number of nitrogens with two attached hydrogens (primary N) is 2. The standard InChI is InChI=1S/C4H9NO.C2H2F3NO/c1-2-3-4(5)6;3-2(4,5)1(6)7/h2-3H2,1H3,(H2,5,6);(H2,6,7). The summed E-state index contributed by atoms with van der Waals surface area (Å²) in [5.41, 5.74) is 8.57. The number of amides is 2. The van der Waals surface area contributed by atoms with Crippen LogP contribution in [0.3, 0.4) is 0 Å². The van der Waals surface area contributed by atoms with Gasteiger partial charge in [-0.15, -0.1) is 0 Å². The van der Waals surface area contributed by atoms with Crippen molar-refractivity contribution in [2.45, 2.75) is 25.9 Å². The zero-order valence-corrected chi connectivity index (χ0v) is 7.02. The second-order valence-corrected chi connectivity index (χ2v) is 2.08. The molecule has 0 saturated carbocycles. The van der Waals surface area contributed by atoms with Gasteiger partial charge in [0.05, 0.1) is 0 Å². The third-order valence-electron chi connectivity index (χ3n) is 0.776. The molecule has 0 fully saturated rings. The van der Waals surface area contributed by atoms with Crippen LogP contribution < -0.4 is 11.5 Å². The summed E-state index contributed by atoms with van der Waals surface area (Å²) in [4.78, 5) is 18.9. The van der Waals surface area contributed by atoms with Gasteiger partial charge in [0.1, 0.15) is 0 Å². The van der Waals surface area contributed by atoms with Gasteiger partial charge in [-0.3, -0.25) is 9.59 Å². The van der Waals surface area contributed by atoms with E-state index in [1.54, 1.807) is 0 Å². The van der Waals surface area contributed by atoms with Crippen LogP contribution in [0.4, 0.5) is 13.2 Å². The summed E-state index contributed by atoms with van der Waals surface area (Å²) >= 11 is 0. The van der Waals surface area contributed by atoms with Crippen molar-refractivity contribution in [3.05, 3.63) is 0 Å². The summed E-state index contributed by atoms with van der Waals surface area (Å²) in [7, 11) is 0. The molecule has 78 valence electrons. The molecule has 4 nitrogen and oxygen atoms in total.